The minimum atomic E-state index is -2.95. The molecule has 1 aliphatic rings. The first kappa shape index (κ1) is 16.7. The van der Waals surface area contributed by atoms with Gasteiger partial charge in [-0.2, -0.15) is 0 Å². The van der Waals surface area contributed by atoms with Crippen LogP contribution in [0.2, 0.25) is 0 Å². The number of nitrogens with one attached hydrogen (secondary N) is 1. The molecule has 0 aromatic carbocycles. The molecule has 1 N–H and O–H groups in total. The van der Waals surface area contributed by atoms with Gasteiger partial charge < -0.3 is 10.2 Å². The van der Waals surface area contributed by atoms with Crippen LogP contribution in [-0.4, -0.2) is 59.8 Å². The molecule has 8 heteroatoms. The Kier molecular flexibility index (Phi) is 5.00. The molecule has 1 aromatic heterocycles. The fraction of sp³-hybridized carbons (Fsp3) is 0.643. The van der Waals surface area contributed by atoms with Crippen molar-refractivity contribution in [3.63, 3.8) is 0 Å². The second-order valence-corrected chi connectivity index (χ2v) is 7.64. The molecule has 0 aliphatic carbocycles. The summed E-state index contributed by atoms with van der Waals surface area (Å²) in [5, 5.41) is 3.11. The lowest BCUT2D eigenvalue weighted by Crippen LogP contribution is -2.31. The highest BCUT2D eigenvalue weighted by atomic mass is 32.2. The number of hydrogen-bond donors (Lipinski definition) is 1. The standard InChI is InChI=1S/C14H22N4O3S/c1-4-18(5-2)14(19)12-8-13(16-10(3)15-12)17-11-6-7-22(20,21)9-11/h8,11H,4-7,9H2,1-3H3,(H,15,16,17). The van der Waals surface area contributed by atoms with E-state index in [1.165, 1.54) is 0 Å². The van der Waals surface area contributed by atoms with Gasteiger partial charge in [0.2, 0.25) is 0 Å². The molecule has 7 nitrogen and oxygen atoms in total. The molecule has 2 heterocycles. The van der Waals surface area contributed by atoms with E-state index in [1.807, 2.05) is 13.8 Å². The van der Waals surface area contributed by atoms with Crippen molar-refractivity contribution in [1.29, 1.82) is 0 Å². The van der Waals surface area contributed by atoms with Crippen LogP contribution in [0.25, 0.3) is 0 Å². The summed E-state index contributed by atoms with van der Waals surface area (Å²) < 4.78 is 23.0. The van der Waals surface area contributed by atoms with E-state index in [2.05, 4.69) is 15.3 Å². The summed E-state index contributed by atoms with van der Waals surface area (Å²) in [4.78, 5) is 22.5. The summed E-state index contributed by atoms with van der Waals surface area (Å²) in [6.07, 6.45) is 0.560. The summed E-state index contributed by atoms with van der Waals surface area (Å²) in [6.45, 7) is 6.77. The van der Waals surface area contributed by atoms with Gasteiger partial charge in [0.05, 0.1) is 11.5 Å². The molecule has 1 aromatic rings. The molecular formula is C14H22N4O3S. The van der Waals surface area contributed by atoms with Gasteiger partial charge in [-0.25, -0.2) is 18.4 Å². The van der Waals surface area contributed by atoms with Crippen LogP contribution in [-0.2, 0) is 9.84 Å². The van der Waals surface area contributed by atoms with E-state index in [0.717, 1.165) is 0 Å². The van der Waals surface area contributed by atoms with E-state index < -0.39 is 9.84 Å². The maximum Gasteiger partial charge on any atom is 0.272 e. The molecule has 1 fully saturated rings. The fourth-order valence-electron chi connectivity index (χ4n) is 2.54. The average Bonchev–Trinajstić information content (AvgIpc) is 2.78. The Morgan fingerprint density at radius 3 is 2.59 bits per heavy atom. The number of anilines is 1. The summed E-state index contributed by atoms with van der Waals surface area (Å²) >= 11 is 0. The quantitative estimate of drug-likeness (QED) is 0.863. The third kappa shape index (κ3) is 3.94. The van der Waals surface area contributed by atoms with Crippen LogP contribution < -0.4 is 5.32 Å². The molecule has 1 atom stereocenters. The SMILES string of the molecule is CCN(CC)C(=O)c1cc(NC2CCS(=O)(=O)C2)nc(C)n1. The number of sulfone groups is 1. The van der Waals surface area contributed by atoms with E-state index in [4.69, 9.17) is 0 Å². The molecule has 0 radical (unpaired) electrons. The van der Waals surface area contributed by atoms with Crippen molar-refractivity contribution >= 4 is 21.6 Å². The Balaban J connectivity index is 2.18. The van der Waals surface area contributed by atoms with E-state index in [0.29, 0.717) is 36.8 Å². The van der Waals surface area contributed by atoms with Crippen molar-refractivity contribution in [3.05, 3.63) is 17.6 Å². The van der Waals surface area contributed by atoms with Gasteiger partial charge in [0, 0.05) is 25.2 Å². The summed E-state index contributed by atoms with van der Waals surface area (Å²) in [5.74, 6) is 1.15. The average molecular weight is 326 g/mol. The second kappa shape index (κ2) is 6.60. The fourth-order valence-corrected chi connectivity index (χ4v) is 4.22. The number of carbonyl (C=O) groups excluding carboxylic acids is 1. The first-order valence-electron chi connectivity index (χ1n) is 7.46. The lowest BCUT2D eigenvalue weighted by atomic mass is 10.2. The van der Waals surface area contributed by atoms with Gasteiger partial charge in [-0.15, -0.1) is 0 Å². The predicted molar refractivity (Wildman–Crippen MR) is 84.7 cm³/mol. The molecule has 1 aliphatic heterocycles. The number of carbonyl (C=O) groups is 1. The highest BCUT2D eigenvalue weighted by Gasteiger charge is 2.28. The Morgan fingerprint density at radius 1 is 1.36 bits per heavy atom. The van der Waals surface area contributed by atoms with Gasteiger partial charge in [0.25, 0.3) is 5.91 Å². The van der Waals surface area contributed by atoms with Crippen molar-refractivity contribution in [2.45, 2.75) is 33.2 Å². The normalized spacial score (nSPS) is 19.9. The largest absolute Gasteiger partial charge is 0.366 e. The Morgan fingerprint density at radius 2 is 2.05 bits per heavy atom. The highest BCUT2D eigenvalue weighted by molar-refractivity contribution is 7.91. The van der Waals surface area contributed by atoms with Crippen LogP contribution in [0, 0.1) is 6.92 Å². The minimum absolute atomic E-state index is 0.107. The molecule has 1 saturated heterocycles. The molecule has 0 spiro atoms. The molecule has 0 bridgehead atoms. The number of amides is 1. The van der Waals surface area contributed by atoms with Crippen molar-refractivity contribution in [1.82, 2.24) is 14.9 Å². The maximum absolute atomic E-state index is 12.4. The zero-order chi connectivity index (χ0) is 16.3. The number of aryl methyl sites for hydroxylation is 1. The summed E-state index contributed by atoms with van der Waals surface area (Å²) in [5.41, 5.74) is 0.333. The first-order valence-corrected chi connectivity index (χ1v) is 9.28. The van der Waals surface area contributed by atoms with Crippen LogP contribution in [0.15, 0.2) is 6.07 Å². The first-order chi connectivity index (χ1) is 10.3. The highest BCUT2D eigenvalue weighted by Crippen LogP contribution is 2.17. The van der Waals surface area contributed by atoms with E-state index in [1.54, 1.807) is 17.9 Å². The van der Waals surface area contributed by atoms with Crippen LogP contribution in [0.4, 0.5) is 5.82 Å². The van der Waals surface area contributed by atoms with Gasteiger partial charge in [-0.1, -0.05) is 0 Å². The molecule has 0 saturated carbocycles. The van der Waals surface area contributed by atoms with Crippen molar-refractivity contribution < 1.29 is 13.2 Å². The van der Waals surface area contributed by atoms with Gasteiger partial charge in [0.15, 0.2) is 9.84 Å². The minimum Gasteiger partial charge on any atom is -0.366 e. The third-order valence-corrected chi connectivity index (χ3v) is 5.46. The third-order valence-electron chi connectivity index (χ3n) is 3.69. The van der Waals surface area contributed by atoms with Gasteiger partial charge in [-0.05, 0) is 27.2 Å². The van der Waals surface area contributed by atoms with Crippen LogP contribution in [0.1, 0.15) is 36.6 Å². The zero-order valence-corrected chi connectivity index (χ0v) is 14.0. The summed E-state index contributed by atoms with van der Waals surface area (Å²) in [7, 11) is -2.95. The monoisotopic (exact) mass is 326 g/mol. The number of hydrogen-bond acceptors (Lipinski definition) is 6. The molecule has 2 rings (SSSR count). The van der Waals surface area contributed by atoms with Crippen LogP contribution in [0.3, 0.4) is 0 Å². The van der Waals surface area contributed by atoms with Crippen molar-refractivity contribution in [2.24, 2.45) is 0 Å². The smallest absolute Gasteiger partial charge is 0.272 e. The molecule has 1 unspecified atom stereocenters. The van der Waals surface area contributed by atoms with E-state index in [9.17, 15) is 13.2 Å². The predicted octanol–water partition coefficient (Wildman–Crippen LogP) is 0.866. The molecule has 1 amide bonds. The zero-order valence-electron chi connectivity index (χ0n) is 13.2. The summed E-state index contributed by atoms with van der Waals surface area (Å²) in [6, 6.07) is 1.44. The lowest BCUT2D eigenvalue weighted by Gasteiger charge is -2.19. The Bertz CT molecular complexity index is 656. The topological polar surface area (TPSA) is 92.3 Å². The van der Waals surface area contributed by atoms with Gasteiger partial charge in [-0.3, -0.25) is 4.79 Å². The van der Waals surface area contributed by atoms with Crippen LogP contribution >= 0.6 is 0 Å². The number of aromatic nitrogens is 2. The second-order valence-electron chi connectivity index (χ2n) is 5.41. The Hall–Kier alpha value is -1.70. The number of nitrogens with zero attached hydrogens (tertiary/aromatic N) is 3. The molecule has 22 heavy (non-hydrogen) atoms. The Labute approximate surface area is 131 Å². The maximum atomic E-state index is 12.4. The van der Waals surface area contributed by atoms with Crippen LogP contribution in [0.5, 0.6) is 0 Å². The molecular weight excluding hydrogens is 304 g/mol. The lowest BCUT2D eigenvalue weighted by molar-refractivity contribution is 0.0766. The van der Waals surface area contributed by atoms with E-state index >= 15 is 0 Å². The number of rotatable bonds is 5. The van der Waals surface area contributed by atoms with Crippen molar-refractivity contribution in [2.75, 3.05) is 29.9 Å². The van der Waals surface area contributed by atoms with E-state index in [-0.39, 0.29) is 23.5 Å². The molecule has 122 valence electrons. The van der Waals surface area contributed by atoms with Crippen molar-refractivity contribution in [3.8, 4) is 0 Å². The van der Waals surface area contributed by atoms with Gasteiger partial charge >= 0.3 is 0 Å². The van der Waals surface area contributed by atoms with Gasteiger partial charge in [0.1, 0.15) is 17.3 Å².